The lowest BCUT2D eigenvalue weighted by molar-refractivity contribution is -0.119. The van der Waals surface area contributed by atoms with Crippen molar-refractivity contribution in [2.75, 3.05) is 19.0 Å². The molecular formula is C19H29N3O2. The van der Waals surface area contributed by atoms with Crippen LogP contribution in [0.1, 0.15) is 40.0 Å². The predicted octanol–water partition coefficient (Wildman–Crippen LogP) is 3.67. The molecule has 5 nitrogen and oxygen atoms in total. The van der Waals surface area contributed by atoms with Gasteiger partial charge in [-0.05, 0) is 43.2 Å². The van der Waals surface area contributed by atoms with E-state index in [1.54, 1.807) is 7.11 Å². The molecule has 1 saturated carbocycles. The van der Waals surface area contributed by atoms with E-state index < -0.39 is 0 Å². The van der Waals surface area contributed by atoms with E-state index >= 15 is 0 Å². The molecular weight excluding hydrogens is 302 g/mol. The van der Waals surface area contributed by atoms with Gasteiger partial charge in [0.25, 0.3) is 5.91 Å². The molecule has 5 heteroatoms. The minimum Gasteiger partial charge on any atom is -0.497 e. The molecule has 1 fully saturated rings. The van der Waals surface area contributed by atoms with Crippen LogP contribution in [0.5, 0.6) is 5.75 Å². The summed E-state index contributed by atoms with van der Waals surface area (Å²) in [6, 6.07) is 7.51. The minimum atomic E-state index is -0.133. The van der Waals surface area contributed by atoms with Gasteiger partial charge in [0.2, 0.25) is 0 Å². The van der Waals surface area contributed by atoms with Crippen LogP contribution in [0.25, 0.3) is 0 Å². The summed E-state index contributed by atoms with van der Waals surface area (Å²) >= 11 is 0. The number of hydrazone groups is 1. The highest BCUT2D eigenvalue weighted by Crippen LogP contribution is 2.31. The van der Waals surface area contributed by atoms with E-state index in [1.165, 1.54) is 6.42 Å². The topological polar surface area (TPSA) is 62.7 Å². The highest BCUT2D eigenvalue weighted by atomic mass is 16.5. The zero-order valence-electron chi connectivity index (χ0n) is 15.1. The summed E-state index contributed by atoms with van der Waals surface area (Å²) in [5.41, 5.74) is 4.70. The van der Waals surface area contributed by atoms with Crippen molar-refractivity contribution in [1.82, 2.24) is 5.43 Å². The first-order valence-corrected chi connectivity index (χ1v) is 8.72. The van der Waals surface area contributed by atoms with Gasteiger partial charge >= 0.3 is 0 Å². The van der Waals surface area contributed by atoms with Gasteiger partial charge in [0.1, 0.15) is 5.75 Å². The lowest BCUT2D eigenvalue weighted by atomic mass is 9.76. The lowest BCUT2D eigenvalue weighted by Gasteiger charge is -2.30. The number of ether oxygens (including phenoxy) is 1. The van der Waals surface area contributed by atoms with Gasteiger partial charge in [-0.3, -0.25) is 4.79 Å². The highest BCUT2D eigenvalue weighted by Gasteiger charge is 2.27. The van der Waals surface area contributed by atoms with Crippen molar-refractivity contribution < 1.29 is 9.53 Å². The summed E-state index contributed by atoms with van der Waals surface area (Å²) in [5.74, 6) is 2.31. The number of benzene rings is 1. The maximum Gasteiger partial charge on any atom is 0.259 e. The summed E-state index contributed by atoms with van der Waals surface area (Å²) in [7, 11) is 1.62. The summed E-state index contributed by atoms with van der Waals surface area (Å²) in [6.45, 7) is 6.88. The number of anilines is 1. The van der Waals surface area contributed by atoms with E-state index in [9.17, 15) is 4.79 Å². The van der Waals surface area contributed by atoms with Crippen molar-refractivity contribution in [3.05, 3.63) is 24.3 Å². The van der Waals surface area contributed by atoms with Gasteiger partial charge in [-0.15, -0.1) is 0 Å². The van der Waals surface area contributed by atoms with Crippen LogP contribution in [0, 0.1) is 17.8 Å². The number of nitrogens with one attached hydrogen (secondary N) is 2. The van der Waals surface area contributed by atoms with Crippen LogP contribution in [0.15, 0.2) is 29.4 Å². The maximum atomic E-state index is 12.1. The van der Waals surface area contributed by atoms with Crippen molar-refractivity contribution >= 4 is 17.3 Å². The minimum absolute atomic E-state index is 0.133. The van der Waals surface area contributed by atoms with Crippen LogP contribution in [0.3, 0.4) is 0 Å². The van der Waals surface area contributed by atoms with Gasteiger partial charge in [0.05, 0.1) is 13.7 Å². The number of nitrogens with zero attached hydrogens (tertiary/aromatic N) is 1. The molecule has 0 radical (unpaired) electrons. The predicted molar refractivity (Wildman–Crippen MR) is 98.4 cm³/mol. The molecule has 0 bridgehead atoms. The Labute approximate surface area is 144 Å². The molecule has 1 aliphatic carbocycles. The number of methoxy groups -OCH3 is 1. The van der Waals surface area contributed by atoms with Crippen LogP contribution in [-0.4, -0.2) is 25.3 Å². The van der Waals surface area contributed by atoms with Crippen LogP contribution in [0.2, 0.25) is 0 Å². The SMILES string of the molecule is COc1cccc(NCC(=O)N/N=C2/C[C@H](C)CC[C@@H]2C(C)C)c1. The molecule has 0 spiro atoms. The van der Waals surface area contributed by atoms with Crippen molar-refractivity contribution in [2.45, 2.75) is 40.0 Å². The third kappa shape index (κ3) is 5.25. The van der Waals surface area contributed by atoms with Gasteiger partial charge in [0, 0.05) is 23.4 Å². The third-order valence-corrected chi connectivity index (χ3v) is 4.61. The Morgan fingerprint density at radius 1 is 1.38 bits per heavy atom. The number of carbonyl (C=O) groups excluding carboxylic acids is 1. The summed E-state index contributed by atoms with van der Waals surface area (Å²) in [6.07, 6.45) is 3.38. The number of hydrogen-bond donors (Lipinski definition) is 2. The highest BCUT2D eigenvalue weighted by molar-refractivity contribution is 5.89. The Kier molecular flexibility index (Phi) is 6.64. The van der Waals surface area contributed by atoms with E-state index in [-0.39, 0.29) is 12.5 Å². The summed E-state index contributed by atoms with van der Waals surface area (Å²) in [4.78, 5) is 12.1. The Morgan fingerprint density at radius 3 is 2.88 bits per heavy atom. The van der Waals surface area contributed by atoms with E-state index in [0.29, 0.717) is 17.8 Å². The fourth-order valence-electron chi connectivity index (χ4n) is 3.18. The molecule has 0 saturated heterocycles. The fraction of sp³-hybridized carbons (Fsp3) is 0.579. The van der Waals surface area contributed by atoms with Gasteiger partial charge < -0.3 is 10.1 Å². The molecule has 0 unspecified atom stereocenters. The fourth-order valence-corrected chi connectivity index (χ4v) is 3.18. The second kappa shape index (κ2) is 8.71. The zero-order chi connectivity index (χ0) is 17.5. The largest absolute Gasteiger partial charge is 0.497 e. The van der Waals surface area contributed by atoms with Crippen LogP contribution in [-0.2, 0) is 4.79 Å². The third-order valence-electron chi connectivity index (χ3n) is 4.61. The van der Waals surface area contributed by atoms with Crippen LogP contribution < -0.4 is 15.5 Å². The number of carbonyl (C=O) groups is 1. The standard InChI is InChI=1S/C19H29N3O2/c1-13(2)17-9-8-14(3)10-18(17)21-22-19(23)12-20-15-6-5-7-16(11-15)24-4/h5-7,11,13-14,17,20H,8-10,12H2,1-4H3,(H,22,23)/b21-18-/t14-,17-/m1/s1. The number of rotatable bonds is 6. The monoisotopic (exact) mass is 331 g/mol. The van der Waals surface area contributed by atoms with Crippen molar-refractivity contribution in [3.8, 4) is 5.75 Å². The molecule has 0 aromatic heterocycles. The van der Waals surface area contributed by atoms with Gasteiger partial charge in [0.15, 0.2) is 0 Å². The smallest absolute Gasteiger partial charge is 0.259 e. The Balaban J connectivity index is 1.88. The molecule has 2 atom stereocenters. The number of amides is 1. The maximum absolute atomic E-state index is 12.1. The van der Waals surface area contributed by atoms with Gasteiger partial charge in [-0.25, -0.2) is 5.43 Å². The first kappa shape index (κ1) is 18.3. The van der Waals surface area contributed by atoms with Crippen molar-refractivity contribution in [3.63, 3.8) is 0 Å². The molecule has 0 aliphatic heterocycles. The zero-order valence-corrected chi connectivity index (χ0v) is 15.1. The van der Waals surface area contributed by atoms with Gasteiger partial charge in [-0.2, -0.15) is 5.10 Å². The normalized spacial score (nSPS) is 22.5. The van der Waals surface area contributed by atoms with E-state index in [1.807, 2.05) is 24.3 Å². The second-order valence-corrected chi connectivity index (χ2v) is 6.96. The Hall–Kier alpha value is -2.04. The average Bonchev–Trinajstić information content (AvgIpc) is 2.58. The summed E-state index contributed by atoms with van der Waals surface area (Å²) in [5, 5.41) is 7.52. The molecule has 1 aromatic carbocycles. The van der Waals surface area contributed by atoms with Crippen molar-refractivity contribution in [2.24, 2.45) is 22.9 Å². The molecule has 2 rings (SSSR count). The molecule has 1 aromatic rings. The lowest BCUT2D eigenvalue weighted by Crippen LogP contribution is -2.32. The molecule has 1 aliphatic rings. The van der Waals surface area contributed by atoms with Gasteiger partial charge in [-0.1, -0.05) is 26.8 Å². The molecule has 0 heterocycles. The van der Waals surface area contributed by atoms with Crippen molar-refractivity contribution in [1.29, 1.82) is 0 Å². The Morgan fingerprint density at radius 2 is 2.17 bits per heavy atom. The Bertz CT molecular complexity index is 584. The van der Waals surface area contributed by atoms with Crippen LogP contribution >= 0.6 is 0 Å². The molecule has 2 N–H and O–H groups in total. The first-order chi connectivity index (χ1) is 11.5. The first-order valence-electron chi connectivity index (χ1n) is 8.72. The second-order valence-electron chi connectivity index (χ2n) is 6.96. The van der Waals surface area contributed by atoms with Crippen LogP contribution in [0.4, 0.5) is 5.69 Å². The molecule has 1 amide bonds. The summed E-state index contributed by atoms with van der Waals surface area (Å²) < 4.78 is 5.17. The van der Waals surface area contributed by atoms with E-state index in [2.05, 4.69) is 36.6 Å². The average molecular weight is 331 g/mol. The number of hydrogen-bond acceptors (Lipinski definition) is 4. The quantitative estimate of drug-likeness (QED) is 0.782. The molecule has 132 valence electrons. The van der Waals surface area contributed by atoms with E-state index in [0.717, 1.165) is 30.0 Å². The van der Waals surface area contributed by atoms with E-state index in [4.69, 9.17) is 4.74 Å². The molecule has 24 heavy (non-hydrogen) atoms.